The first-order valence-corrected chi connectivity index (χ1v) is 15.0. The highest BCUT2D eigenvalue weighted by molar-refractivity contribution is 7.92. The molecule has 0 bridgehead atoms. The van der Waals surface area contributed by atoms with Crippen molar-refractivity contribution in [2.45, 2.75) is 30.8 Å². The number of likely N-dealkylation sites (N-methyl/N-ethyl adjacent to an activating group) is 1. The zero-order valence-electron chi connectivity index (χ0n) is 22.9. The number of hydrogen-bond donors (Lipinski definition) is 1. The van der Waals surface area contributed by atoms with Gasteiger partial charge in [-0.2, -0.15) is 0 Å². The molecule has 9 heteroatoms. The van der Waals surface area contributed by atoms with Crippen LogP contribution in [0.3, 0.4) is 0 Å². The smallest absolute Gasteiger partial charge is 0.264 e. The number of hydrogen-bond acceptors (Lipinski definition) is 4. The molecule has 0 spiro atoms. The van der Waals surface area contributed by atoms with Gasteiger partial charge in [0.15, 0.2) is 0 Å². The van der Waals surface area contributed by atoms with E-state index in [1.165, 1.54) is 24.1 Å². The van der Waals surface area contributed by atoms with Crippen LogP contribution in [0.25, 0.3) is 0 Å². The summed E-state index contributed by atoms with van der Waals surface area (Å²) in [5.74, 6) is -0.917. The third kappa shape index (κ3) is 7.14. The Bertz CT molecular complexity index is 1600. The van der Waals surface area contributed by atoms with Crippen molar-refractivity contribution in [1.29, 1.82) is 0 Å². The minimum absolute atomic E-state index is 0.0103. The lowest BCUT2D eigenvalue weighted by Gasteiger charge is -2.34. The van der Waals surface area contributed by atoms with Gasteiger partial charge in [0.2, 0.25) is 11.8 Å². The molecule has 0 aliphatic heterocycles. The summed E-state index contributed by atoms with van der Waals surface area (Å²) in [6.45, 7) is 1.28. The van der Waals surface area contributed by atoms with Crippen molar-refractivity contribution in [2.24, 2.45) is 0 Å². The predicted octanol–water partition coefficient (Wildman–Crippen LogP) is 5.23. The van der Waals surface area contributed by atoms with Crippen LogP contribution in [-0.4, -0.2) is 44.8 Å². The number of benzene rings is 4. The van der Waals surface area contributed by atoms with Crippen molar-refractivity contribution in [3.05, 3.63) is 131 Å². The Labute approximate surface area is 246 Å². The second-order valence-corrected chi connectivity index (χ2v) is 11.8. The SMILES string of the molecule is CNC(=O)C(Cc1ccccc1)N(Cc1ccccc1Cl)C(=O)CN(c1ccccc1C)S(=O)(=O)c1ccccc1. The largest absolute Gasteiger partial charge is 0.357 e. The molecule has 0 fully saturated rings. The van der Waals surface area contributed by atoms with Crippen LogP contribution in [0, 0.1) is 6.92 Å². The van der Waals surface area contributed by atoms with Gasteiger partial charge < -0.3 is 10.2 Å². The van der Waals surface area contributed by atoms with Crippen LogP contribution in [0.5, 0.6) is 0 Å². The summed E-state index contributed by atoms with van der Waals surface area (Å²) in [4.78, 5) is 29.0. The summed E-state index contributed by atoms with van der Waals surface area (Å²) in [5, 5.41) is 3.11. The van der Waals surface area contributed by atoms with Crippen molar-refractivity contribution in [2.75, 3.05) is 17.9 Å². The van der Waals surface area contributed by atoms with Crippen LogP contribution in [0.4, 0.5) is 5.69 Å². The third-order valence-corrected chi connectivity index (χ3v) is 8.95. The molecule has 0 aliphatic carbocycles. The van der Waals surface area contributed by atoms with Gasteiger partial charge in [-0.05, 0) is 47.9 Å². The molecule has 4 aromatic carbocycles. The molecule has 4 rings (SSSR count). The number of rotatable bonds is 11. The molecule has 7 nitrogen and oxygen atoms in total. The Morgan fingerprint density at radius 1 is 0.829 bits per heavy atom. The van der Waals surface area contributed by atoms with Crippen LogP contribution in [-0.2, 0) is 32.6 Å². The fourth-order valence-electron chi connectivity index (χ4n) is 4.61. The highest BCUT2D eigenvalue weighted by atomic mass is 35.5. The number of sulfonamides is 1. The molecule has 0 heterocycles. The Hall–Kier alpha value is -4.14. The molecule has 0 saturated carbocycles. The van der Waals surface area contributed by atoms with Crippen molar-refractivity contribution < 1.29 is 18.0 Å². The van der Waals surface area contributed by atoms with Crippen molar-refractivity contribution >= 4 is 39.1 Å². The number of amides is 2. The minimum Gasteiger partial charge on any atom is -0.357 e. The molecule has 2 amide bonds. The van der Waals surface area contributed by atoms with E-state index in [1.807, 2.05) is 30.3 Å². The lowest BCUT2D eigenvalue weighted by Crippen LogP contribution is -2.53. The Kier molecular flexibility index (Phi) is 9.81. The number of para-hydroxylation sites is 1. The summed E-state index contributed by atoms with van der Waals surface area (Å²) in [6, 6.07) is 30.5. The van der Waals surface area contributed by atoms with Crippen molar-refractivity contribution in [3.63, 3.8) is 0 Å². The highest BCUT2D eigenvalue weighted by Crippen LogP contribution is 2.28. The third-order valence-electron chi connectivity index (χ3n) is 6.81. The molecule has 1 unspecified atom stereocenters. The standard InChI is InChI=1S/C32H32ClN3O4S/c1-24-13-9-12-20-29(24)36(41(39,40)27-17-7-4-8-18-27)23-31(37)35(22-26-16-10-11-19-28(26)33)30(32(38)34-2)21-25-14-5-3-6-15-25/h3-20,30H,21-23H2,1-2H3,(H,34,38). The summed E-state index contributed by atoms with van der Waals surface area (Å²) in [5.41, 5.74) is 2.55. The number of nitrogens with zero attached hydrogens (tertiary/aromatic N) is 2. The monoisotopic (exact) mass is 589 g/mol. The molecule has 41 heavy (non-hydrogen) atoms. The molecular weight excluding hydrogens is 558 g/mol. The molecule has 0 aliphatic rings. The van der Waals surface area contributed by atoms with Crippen LogP contribution in [0.2, 0.25) is 5.02 Å². The Balaban J connectivity index is 1.80. The van der Waals surface area contributed by atoms with E-state index in [4.69, 9.17) is 11.6 Å². The summed E-state index contributed by atoms with van der Waals surface area (Å²) in [6.07, 6.45) is 0.229. The molecule has 0 saturated heterocycles. The highest BCUT2D eigenvalue weighted by Gasteiger charge is 2.34. The zero-order valence-corrected chi connectivity index (χ0v) is 24.5. The van der Waals surface area contributed by atoms with Gasteiger partial charge in [0.1, 0.15) is 12.6 Å². The lowest BCUT2D eigenvalue weighted by molar-refractivity contribution is -0.139. The van der Waals surface area contributed by atoms with Crippen LogP contribution >= 0.6 is 11.6 Å². The molecule has 0 radical (unpaired) electrons. The van der Waals surface area contributed by atoms with Gasteiger partial charge in [-0.3, -0.25) is 13.9 Å². The maximum atomic E-state index is 14.3. The first kappa shape index (κ1) is 29.8. The van der Waals surface area contributed by atoms with Gasteiger partial charge in [0, 0.05) is 25.0 Å². The van der Waals surface area contributed by atoms with E-state index in [-0.39, 0.29) is 23.8 Å². The quantitative estimate of drug-likeness (QED) is 0.260. The van der Waals surface area contributed by atoms with E-state index in [0.29, 0.717) is 21.8 Å². The van der Waals surface area contributed by atoms with E-state index >= 15 is 0 Å². The normalized spacial score (nSPS) is 11.9. The van der Waals surface area contributed by atoms with Crippen molar-refractivity contribution in [3.8, 4) is 0 Å². The molecular formula is C32H32ClN3O4S. The minimum atomic E-state index is -4.14. The van der Waals surface area contributed by atoms with Crippen LogP contribution in [0.1, 0.15) is 16.7 Å². The first-order valence-electron chi connectivity index (χ1n) is 13.1. The Morgan fingerprint density at radius 3 is 2.05 bits per heavy atom. The van der Waals surface area contributed by atoms with Gasteiger partial charge in [0.05, 0.1) is 10.6 Å². The first-order chi connectivity index (χ1) is 19.7. The fraction of sp³-hybridized carbons (Fsp3) is 0.188. The molecule has 4 aromatic rings. The van der Waals surface area contributed by atoms with Crippen molar-refractivity contribution in [1.82, 2.24) is 10.2 Å². The van der Waals surface area contributed by atoms with Gasteiger partial charge in [0.25, 0.3) is 10.0 Å². The zero-order chi connectivity index (χ0) is 29.4. The second kappa shape index (κ2) is 13.5. The Morgan fingerprint density at radius 2 is 1.41 bits per heavy atom. The van der Waals surface area contributed by atoms with Gasteiger partial charge in [-0.1, -0.05) is 96.5 Å². The van der Waals surface area contributed by atoms with E-state index in [0.717, 1.165) is 9.87 Å². The topological polar surface area (TPSA) is 86.8 Å². The average molecular weight is 590 g/mol. The van der Waals surface area contributed by atoms with E-state index in [9.17, 15) is 18.0 Å². The summed E-state index contributed by atoms with van der Waals surface area (Å²) >= 11 is 6.48. The number of anilines is 1. The molecule has 1 atom stereocenters. The average Bonchev–Trinajstić information content (AvgIpc) is 2.99. The molecule has 1 N–H and O–H groups in total. The number of halogens is 1. The number of carbonyl (C=O) groups is 2. The molecule has 212 valence electrons. The van der Waals surface area contributed by atoms with Gasteiger partial charge in [-0.15, -0.1) is 0 Å². The summed E-state index contributed by atoms with van der Waals surface area (Å²) in [7, 11) is -2.63. The number of nitrogens with one attached hydrogen (secondary N) is 1. The predicted molar refractivity (Wildman–Crippen MR) is 162 cm³/mol. The summed E-state index contributed by atoms with van der Waals surface area (Å²) < 4.78 is 29.0. The number of carbonyl (C=O) groups excluding carboxylic acids is 2. The second-order valence-electron chi connectivity index (χ2n) is 9.54. The lowest BCUT2D eigenvalue weighted by atomic mass is 10.0. The van der Waals surface area contributed by atoms with Gasteiger partial charge in [-0.25, -0.2) is 8.42 Å². The van der Waals surface area contributed by atoms with Crippen LogP contribution < -0.4 is 9.62 Å². The van der Waals surface area contributed by atoms with Gasteiger partial charge >= 0.3 is 0 Å². The maximum Gasteiger partial charge on any atom is 0.264 e. The number of aryl methyl sites for hydroxylation is 1. The maximum absolute atomic E-state index is 14.3. The van der Waals surface area contributed by atoms with E-state index < -0.39 is 28.5 Å². The van der Waals surface area contributed by atoms with E-state index in [1.54, 1.807) is 73.7 Å². The van der Waals surface area contributed by atoms with Crippen LogP contribution in [0.15, 0.2) is 114 Å². The fourth-order valence-corrected chi connectivity index (χ4v) is 6.30. The van der Waals surface area contributed by atoms with E-state index in [2.05, 4.69) is 5.32 Å². The molecule has 0 aromatic heterocycles.